The Hall–Kier alpha value is -0.0200. The molecule has 3 heteroatoms. The Bertz CT molecular complexity index is 169. The third-order valence-corrected chi connectivity index (χ3v) is 3.47. The predicted molar refractivity (Wildman–Crippen MR) is 49.4 cm³/mol. The lowest BCUT2D eigenvalue weighted by atomic mass is 10.0. The molecule has 0 aliphatic carbocycles. The van der Waals surface area contributed by atoms with Crippen molar-refractivity contribution in [3.05, 3.63) is 0 Å². The van der Waals surface area contributed by atoms with Crippen LogP contribution in [0.5, 0.6) is 0 Å². The van der Waals surface area contributed by atoms with Gasteiger partial charge in [0.25, 0.3) is 0 Å². The van der Waals surface area contributed by atoms with Gasteiger partial charge in [0.1, 0.15) is 6.54 Å². The van der Waals surface area contributed by atoms with Gasteiger partial charge in [-0.05, 0) is 6.92 Å². The molecule has 1 N–H and O–H groups in total. The van der Waals surface area contributed by atoms with Crippen LogP contribution in [0.15, 0.2) is 0 Å². The van der Waals surface area contributed by atoms with Crippen molar-refractivity contribution in [1.82, 2.24) is 0 Å². The summed E-state index contributed by atoms with van der Waals surface area (Å²) in [6, 6.07) is 0. The van der Waals surface area contributed by atoms with Gasteiger partial charge in [0.2, 0.25) is 0 Å². The summed E-state index contributed by atoms with van der Waals surface area (Å²) in [7, 11) is 0. The van der Waals surface area contributed by atoms with Crippen LogP contribution in [0.2, 0.25) is 0 Å². The van der Waals surface area contributed by atoms with E-state index >= 15 is 0 Å². The summed E-state index contributed by atoms with van der Waals surface area (Å²) in [6.07, 6.45) is 0.879. The lowest BCUT2D eigenvalue weighted by molar-refractivity contribution is -0.589. The SMILES string of the molecule is CC[N+]1=CSCC1(C)CCO. The third-order valence-electron chi connectivity index (χ3n) is 2.28. The van der Waals surface area contributed by atoms with Gasteiger partial charge in [-0.25, -0.2) is 4.58 Å². The van der Waals surface area contributed by atoms with E-state index in [1.165, 1.54) is 0 Å². The highest BCUT2D eigenvalue weighted by Crippen LogP contribution is 2.25. The van der Waals surface area contributed by atoms with E-state index in [9.17, 15) is 0 Å². The normalized spacial score (nSPS) is 30.6. The molecule has 0 saturated carbocycles. The summed E-state index contributed by atoms with van der Waals surface area (Å²) in [4.78, 5) is 0. The maximum atomic E-state index is 8.86. The molecule has 1 rings (SSSR count). The number of hydrogen-bond donors (Lipinski definition) is 1. The van der Waals surface area contributed by atoms with Crippen LogP contribution in [0.25, 0.3) is 0 Å². The quantitative estimate of drug-likeness (QED) is 0.643. The van der Waals surface area contributed by atoms with E-state index in [2.05, 4.69) is 24.0 Å². The number of rotatable bonds is 3. The van der Waals surface area contributed by atoms with Gasteiger partial charge in [-0.15, -0.1) is 0 Å². The molecule has 0 radical (unpaired) electrons. The molecule has 2 nitrogen and oxygen atoms in total. The minimum Gasteiger partial charge on any atom is -0.396 e. The van der Waals surface area contributed by atoms with Gasteiger partial charge in [0.05, 0.1) is 5.75 Å². The van der Waals surface area contributed by atoms with E-state index in [1.54, 1.807) is 0 Å². The van der Waals surface area contributed by atoms with Crippen molar-refractivity contribution in [3.8, 4) is 0 Å². The predicted octanol–water partition coefficient (Wildman–Crippen LogP) is 0.935. The second-order valence-electron chi connectivity index (χ2n) is 3.17. The van der Waals surface area contributed by atoms with Crippen LogP contribution in [-0.4, -0.2) is 39.7 Å². The van der Waals surface area contributed by atoms with Crippen LogP contribution in [0.3, 0.4) is 0 Å². The molecule has 1 aliphatic rings. The third kappa shape index (κ3) is 1.76. The Morgan fingerprint density at radius 3 is 3.00 bits per heavy atom. The van der Waals surface area contributed by atoms with Crippen LogP contribution >= 0.6 is 11.8 Å². The maximum Gasteiger partial charge on any atom is 0.198 e. The highest BCUT2D eigenvalue weighted by Gasteiger charge is 2.38. The van der Waals surface area contributed by atoms with E-state index in [4.69, 9.17) is 5.11 Å². The molecule has 0 spiro atoms. The molecule has 0 bridgehead atoms. The van der Waals surface area contributed by atoms with Crippen LogP contribution in [0, 0.1) is 0 Å². The Labute approximate surface area is 72.3 Å². The van der Waals surface area contributed by atoms with Gasteiger partial charge in [-0.2, -0.15) is 0 Å². The van der Waals surface area contributed by atoms with Crippen LogP contribution in [0.1, 0.15) is 20.3 Å². The van der Waals surface area contributed by atoms with Crippen molar-refractivity contribution in [2.75, 3.05) is 18.9 Å². The molecule has 0 aromatic heterocycles. The summed E-state index contributed by atoms with van der Waals surface area (Å²) < 4.78 is 2.31. The van der Waals surface area contributed by atoms with E-state index in [1.807, 2.05) is 11.8 Å². The summed E-state index contributed by atoms with van der Waals surface area (Å²) in [5.41, 5.74) is 2.38. The number of thioether (sulfide) groups is 1. The second-order valence-corrected chi connectivity index (χ2v) is 4.01. The first-order valence-corrected chi connectivity index (χ1v) is 5.10. The average molecular weight is 174 g/mol. The van der Waals surface area contributed by atoms with Gasteiger partial charge < -0.3 is 5.11 Å². The minimum atomic E-state index is 0.203. The molecule has 11 heavy (non-hydrogen) atoms. The molecule has 0 aromatic carbocycles. The molecule has 0 saturated heterocycles. The van der Waals surface area contributed by atoms with Crippen molar-refractivity contribution in [3.63, 3.8) is 0 Å². The largest absolute Gasteiger partial charge is 0.396 e. The Kier molecular flexibility index (Phi) is 2.96. The zero-order chi connectivity index (χ0) is 8.32. The monoisotopic (exact) mass is 174 g/mol. The summed E-state index contributed by atoms with van der Waals surface area (Å²) in [5.74, 6) is 1.11. The summed E-state index contributed by atoms with van der Waals surface area (Å²) >= 11 is 1.84. The molecule has 1 unspecified atom stereocenters. The molecule has 0 aromatic rings. The fraction of sp³-hybridized carbons (Fsp3) is 0.875. The number of nitrogens with zero attached hydrogens (tertiary/aromatic N) is 1. The molecule has 1 atom stereocenters. The Balaban J connectivity index is 2.62. The molecule has 1 aliphatic heterocycles. The van der Waals surface area contributed by atoms with Gasteiger partial charge in [-0.1, -0.05) is 11.8 Å². The summed E-state index contributed by atoms with van der Waals surface area (Å²) in [6.45, 7) is 5.70. The second kappa shape index (κ2) is 3.59. The van der Waals surface area contributed by atoms with Crippen molar-refractivity contribution in [2.24, 2.45) is 0 Å². The van der Waals surface area contributed by atoms with Crippen molar-refractivity contribution < 1.29 is 9.68 Å². The molecular formula is C8H16NOS+. The lowest BCUT2D eigenvalue weighted by Gasteiger charge is -2.19. The van der Waals surface area contributed by atoms with Crippen LogP contribution < -0.4 is 0 Å². The zero-order valence-electron chi connectivity index (χ0n) is 7.21. The Morgan fingerprint density at radius 2 is 2.45 bits per heavy atom. The Morgan fingerprint density at radius 1 is 1.73 bits per heavy atom. The number of aliphatic hydroxyl groups excluding tert-OH is 1. The molecule has 1 heterocycles. The molecule has 64 valence electrons. The van der Waals surface area contributed by atoms with E-state index in [0.29, 0.717) is 6.61 Å². The molecule has 0 fully saturated rings. The van der Waals surface area contributed by atoms with E-state index in [0.717, 1.165) is 18.7 Å². The number of aliphatic hydroxyl groups is 1. The highest BCUT2D eigenvalue weighted by molar-refractivity contribution is 8.12. The van der Waals surface area contributed by atoms with Crippen molar-refractivity contribution >= 4 is 17.3 Å². The minimum absolute atomic E-state index is 0.203. The molecule has 0 amide bonds. The van der Waals surface area contributed by atoms with Crippen LogP contribution in [0.4, 0.5) is 0 Å². The first-order chi connectivity index (χ1) is 5.23. The van der Waals surface area contributed by atoms with E-state index in [-0.39, 0.29) is 5.54 Å². The van der Waals surface area contributed by atoms with Gasteiger partial charge in [-0.3, -0.25) is 0 Å². The van der Waals surface area contributed by atoms with Crippen molar-refractivity contribution in [2.45, 2.75) is 25.8 Å². The fourth-order valence-corrected chi connectivity index (χ4v) is 2.76. The number of hydrogen-bond acceptors (Lipinski definition) is 2. The molecular weight excluding hydrogens is 158 g/mol. The summed E-state index contributed by atoms with van der Waals surface area (Å²) in [5, 5.41) is 8.86. The van der Waals surface area contributed by atoms with Crippen LogP contribution in [-0.2, 0) is 0 Å². The topological polar surface area (TPSA) is 23.2 Å². The first-order valence-electron chi connectivity index (χ1n) is 4.05. The van der Waals surface area contributed by atoms with Gasteiger partial charge in [0.15, 0.2) is 11.1 Å². The maximum absolute atomic E-state index is 8.86. The lowest BCUT2D eigenvalue weighted by Crippen LogP contribution is -2.39. The average Bonchev–Trinajstić information content (AvgIpc) is 2.31. The smallest absolute Gasteiger partial charge is 0.198 e. The van der Waals surface area contributed by atoms with E-state index < -0.39 is 0 Å². The zero-order valence-corrected chi connectivity index (χ0v) is 8.02. The van der Waals surface area contributed by atoms with Gasteiger partial charge >= 0.3 is 0 Å². The highest BCUT2D eigenvalue weighted by atomic mass is 32.2. The van der Waals surface area contributed by atoms with Gasteiger partial charge in [0, 0.05) is 20.0 Å². The standard InChI is InChI=1S/C8H16NOS/c1-3-9-7-11-6-8(9,2)4-5-10/h7,10H,3-6H2,1-2H3/q+1. The van der Waals surface area contributed by atoms with Crippen molar-refractivity contribution in [1.29, 1.82) is 0 Å². The first kappa shape index (κ1) is 9.07. The fourth-order valence-electron chi connectivity index (χ4n) is 1.43.